The summed E-state index contributed by atoms with van der Waals surface area (Å²) in [5, 5.41) is 8.75. The molecule has 0 saturated heterocycles. The number of aromatic nitrogens is 4. The Bertz CT molecular complexity index is 3650. The third-order valence-electron chi connectivity index (χ3n) is 11.7. The maximum absolute atomic E-state index is 6.70. The third-order valence-corrected chi connectivity index (χ3v) is 11.7. The normalized spacial score (nSPS) is 11.6. The highest BCUT2D eigenvalue weighted by atomic mass is 16.3. The molecular formula is C56H34N4O. The van der Waals surface area contributed by atoms with Crippen molar-refractivity contribution in [2.75, 3.05) is 0 Å². The molecule has 0 spiro atoms. The number of hydrogen-bond acceptors (Lipinski definition) is 5. The van der Waals surface area contributed by atoms with Crippen LogP contribution in [0.1, 0.15) is 0 Å². The number of benzene rings is 10. The smallest absolute Gasteiger partial charge is 0.227 e. The van der Waals surface area contributed by atoms with E-state index in [9.17, 15) is 0 Å². The second-order valence-corrected chi connectivity index (χ2v) is 15.4. The number of hydrogen-bond donors (Lipinski definition) is 0. The molecule has 2 aromatic heterocycles. The van der Waals surface area contributed by atoms with Crippen molar-refractivity contribution in [3.05, 3.63) is 206 Å². The molecule has 0 unspecified atom stereocenters. The summed E-state index contributed by atoms with van der Waals surface area (Å²) < 4.78 is 6.70. The van der Waals surface area contributed by atoms with E-state index in [1.54, 1.807) is 0 Å². The highest BCUT2D eigenvalue weighted by molar-refractivity contribution is 6.28. The Kier molecular flexibility index (Phi) is 8.10. The van der Waals surface area contributed by atoms with Crippen LogP contribution in [0.3, 0.4) is 0 Å². The molecule has 0 bridgehead atoms. The Hall–Kier alpha value is -8.28. The van der Waals surface area contributed by atoms with Crippen molar-refractivity contribution >= 4 is 54.2 Å². The number of rotatable bonds is 6. The van der Waals surface area contributed by atoms with Gasteiger partial charge in [-0.2, -0.15) is 0 Å². The van der Waals surface area contributed by atoms with E-state index >= 15 is 0 Å². The van der Waals surface area contributed by atoms with E-state index in [2.05, 4.69) is 164 Å². The molecule has 0 saturated carbocycles. The minimum atomic E-state index is 0.587. The van der Waals surface area contributed by atoms with E-state index in [1.807, 2.05) is 42.5 Å². The van der Waals surface area contributed by atoms with E-state index in [4.69, 9.17) is 24.4 Å². The van der Waals surface area contributed by atoms with Gasteiger partial charge in [-0.3, -0.25) is 0 Å². The average Bonchev–Trinajstić information content (AvgIpc) is 3.79. The lowest BCUT2D eigenvalue weighted by molar-refractivity contribution is 0.623. The minimum Gasteiger partial charge on any atom is -0.435 e. The van der Waals surface area contributed by atoms with Crippen LogP contribution in [0.2, 0.25) is 0 Å². The molecule has 0 aliphatic carbocycles. The zero-order valence-corrected chi connectivity index (χ0v) is 32.8. The Labute approximate surface area is 351 Å². The van der Waals surface area contributed by atoms with Crippen molar-refractivity contribution < 1.29 is 4.42 Å². The van der Waals surface area contributed by atoms with Crippen LogP contribution in [-0.4, -0.2) is 19.9 Å². The predicted octanol–water partition coefficient (Wildman–Crippen LogP) is 14.6. The lowest BCUT2D eigenvalue weighted by Crippen LogP contribution is -2.02. The van der Waals surface area contributed by atoms with E-state index in [0.29, 0.717) is 23.4 Å². The van der Waals surface area contributed by atoms with Gasteiger partial charge in [-0.05, 0) is 91.0 Å². The lowest BCUT2D eigenvalue weighted by atomic mass is 9.92. The fourth-order valence-corrected chi connectivity index (χ4v) is 8.77. The number of fused-ring (bicyclic) bond motifs is 8. The highest BCUT2D eigenvalue weighted by Gasteiger charge is 2.21. The fourth-order valence-electron chi connectivity index (χ4n) is 8.77. The molecule has 0 N–H and O–H groups in total. The number of nitrogens with zero attached hydrogens (tertiary/aromatic N) is 4. The first-order chi connectivity index (χ1) is 30.2. The van der Waals surface area contributed by atoms with Gasteiger partial charge in [-0.25, -0.2) is 19.9 Å². The largest absolute Gasteiger partial charge is 0.435 e. The number of oxazole rings is 1. The highest BCUT2D eigenvalue weighted by Crippen LogP contribution is 2.43. The molecule has 5 heteroatoms. The molecule has 0 aliphatic rings. The molecule has 0 atom stereocenters. The van der Waals surface area contributed by atoms with Gasteiger partial charge in [-0.1, -0.05) is 170 Å². The Morgan fingerprint density at radius 2 is 0.902 bits per heavy atom. The maximum Gasteiger partial charge on any atom is 0.227 e. The molecule has 0 aliphatic heterocycles. The molecule has 0 amide bonds. The van der Waals surface area contributed by atoms with Gasteiger partial charge < -0.3 is 4.42 Å². The summed E-state index contributed by atoms with van der Waals surface area (Å²) in [6.07, 6.45) is 0. The van der Waals surface area contributed by atoms with Gasteiger partial charge >= 0.3 is 0 Å². The standard InChI is InChI=1S/C56H34N4O/c1-3-15-36(16-4-1)44-23-11-12-25-47(44)54-58-53(43-22-13-21-40(33-43)41-27-26-35-14-7-8-19-39(35)32-41)59-55(60-54)48-34-42-20-9-10-24-45(42)51-46(48)30-28-37-29-31-49-52(50(37)51)61-56(57-49)38-17-5-2-6-18-38/h1-34H. The Morgan fingerprint density at radius 3 is 1.74 bits per heavy atom. The molecule has 2 heterocycles. The van der Waals surface area contributed by atoms with Gasteiger partial charge in [0.1, 0.15) is 5.52 Å². The zero-order chi connectivity index (χ0) is 40.3. The molecule has 12 aromatic rings. The third kappa shape index (κ3) is 6.02. The molecule has 0 fully saturated rings. The first-order valence-electron chi connectivity index (χ1n) is 20.5. The Balaban J connectivity index is 1.12. The molecule has 0 radical (unpaired) electrons. The minimum absolute atomic E-state index is 0.587. The summed E-state index contributed by atoms with van der Waals surface area (Å²) in [6, 6.07) is 71.7. The summed E-state index contributed by atoms with van der Waals surface area (Å²) in [6.45, 7) is 0. The lowest BCUT2D eigenvalue weighted by Gasteiger charge is -2.15. The summed E-state index contributed by atoms with van der Waals surface area (Å²) in [4.78, 5) is 21.0. The predicted molar refractivity (Wildman–Crippen MR) is 250 cm³/mol. The van der Waals surface area contributed by atoms with Gasteiger partial charge in [0, 0.05) is 33.0 Å². The molecule has 10 aromatic carbocycles. The van der Waals surface area contributed by atoms with Crippen LogP contribution >= 0.6 is 0 Å². The van der Waals surface area contributed by atoms with Crippen molar-refractivity contribution in [2.45, 2.75) is 0 Å². The first-order valence-corrected chi connectivity index (χ1v) is 20.5. The van der Waals surface area contributed by atoms with Crippen LogP contribution in [0, 0.1) is 0 Å². The van der Waals surface area contributed by atoms with Gasteiger partial charge in [0.05, 0.1) is 0 Å². The average molecular weight is 779 g/mol. The molecule has 5 nitrogen and oxygen atoms in total. The van der Waals surface area contributed by atoms with E-state index < -0.39 is 0 Å². The fraction of sp³-hybridized carbons (Fsp3) is 0. The summed E-state index contributed by atoms with van der Waals surface area (Å²) in [5.41, 5.74) is 9.59. The molecular weight excluding hydrogens is 745 g/mol. The molecule has 284 valence electrons. The van der Waals surface area contributed by atoms with Crippen molar-refractivity contribution in [1.29, 1.82) is 0 Å². The van der Waals surface area contributed by atoms with Crippen LogP contribution in [0.5, 0.6) is 0 Å². The SMILES string of the molecule is c1ccc(-c2nc3ccc4ccc5c(-c6nc(-c7cccc(-c8ccc9ccccc9c8)c7)nc(-c7ccccc7-c7ccccc7)n6)cc6ccccc6c5c4c3o2)cc1. The van der Waals surface area contributed by atoms with Crippen LogP contribution in [0.25, 0.3) is 122 Å². The topological polar surface area (TPSA) is 64.7 Å². The second-order valence-electron chi connectivity index (χ2n) is 15.4. The van der Waals surface area contributed by atoms with Crippen LogP contribution in [-0.2, 0) is 0 Å². The molecule has 12 rings (SSSR count). The van der Waals surface area contributed by atoms with Gasteiger partial charge in [0.2, 0.25) is 5.89 Å². The summed E-state index contributed by atoms with van der Waals surface area (Å²) in [5.74, 6) is 2.37. The monoisotopic (exact) mass is 778 g/mol. The van der Waals surface area contributed by atoms with Crippen LogP contribution in [0.15, 0.2) is 211 Å². The van der Waals surface area contributed by atoms with Crippen LogP contribution < -0.4 is 0 Å². The van der Waals surface area contributed by atoms with E-state index in [1.165, 1.54) is 10.8 Å². The summed E-state index contributed by atoms with van der Waals surface area (Å²) >= 11 is 0. The van der Waals surface area contributed by atoms with E-state index in [0.717, 1.165) is 87.9 Å². The first kappa shape index (κ1) is 34.7. The quantitative estimate of drug-likeness (QED) is 0.157. The second kappa shape index (κ2) is 14.2. The van der Waals surface area contributed by atoms with Gasteiger partial charge in [-0.15, -0.1) is 0 Å². The van der Waals surface area contributed by atoms with Crippen molar-refractivity contribution in [3.8, 4) is 67.9 Å². The zero-order valence-electron chi connectivity index (χ0n) is 32.8. The van der Waals surface area contributed by atoms with E-state index in [-0.39, 0.29) is 0 Å². The van der Waals surface area contributed by atoms with Crippen molar-refractivity contribution in [2.24, 2.45) is 0 Å². The van der Waals surface area contributed by atoms with Crippen molar-refractivity contribution in [3.63, 3.8) is 0 Å². The van der Waals surface area contributed by atoms with Crippen LogP contribution in [0.4, 0.5) is 0 Å². The van der Waals surface area contributed by atoms with Crippen molar-refractivity contribution in [1.82, 2.24) is 19.9 Å². The maximum atomic E-state index is 6.70. The summed E-state index contributed by atoms with van der Waals surface area (Å²) in [7, 11) is 0. The molecule has 61 heavy (non-hydrogen) atoms. The Morgan fingerprint density at radius 1 is 0.295 bits per heavy atom. The van der Waals surface area contributed by atoms with Gasteiger partial charge in [0.15, 0.2) is 23.1 Å². The van der Waals surface area contributed by atoms with Gasteiger partial charge in [0.25, 0.3) is 0 Å².